The van der Waals surface area contributed by atoms with Crippen LogP contribution in [0.4, 0.5) is 0 Å². The van der Waals surface area contributed by atoms with Crippen molar-refractivity contribution in [2.45, 2.75) is 213 Å². The Morgan fingerprint density at radius 3 is 1.37 bits per heavy atom. The predicted molar refractivity (Wildman–Crippen MR) is 185 cm³/mol. The molecule has 5 nitrogen and oxygen atoms in total. The van der Waals surface area contributed by atoms with Crippen molar-refractivity contribution in [3.8, 4) is 0 Å². The van der Waals surface area contributed by atoms with Crippen LogP contribution in [-0.2, 0) is 19.1 Å². The normalized spacial score (nSPS) is 11.3. The van der Waals surface area contributed by atoms with E-state index in [-0.39, 0.29) is 18.0 Å². The molecule has 43 heavy (non-hydrogen) atoms. The van der Waals surface area contributed by atoms with Gasteiger partial charge < -0.3 is 14.8 Å². The highest BCUT2D eigenvalue weighted by molar-refractivity contribution is 5.69. The van der Waals surface area contributed by atoms with Gasteiger partial charge >= 0.3 is 11.9 Å². The summed E-state index contributed by atoms with van der Waals surface area (Å²) in [5, 5.41) is 3.57. The summed E-state index contributed by atoms with van der Waals surface area (Å²) >= 11 is 0. The van der Waals surface area contributed by atoms with E-state index < -0.39 is 0 Å². The number of esters is 2. The molecule has 256 valence electrons. The van der Waals surface area contributed by atoms with Crippen molar-refractivity contribution in [3.63, 3.8) is 0 Å². The van der Waals surface area contributed by atoms with Gasteiger partial charge in [0.05, 0.1) is 6.61 Å². The Hall–Kier alpha value is -1.10. The quantitative estimate of drug-likeness (QED) is 0.0572. The van der Waals surface area contributed by atoms with Gasteiger partial charge in [-0.05, 0) is 70.9 Å². The first-order valence-electron chi connectivity index (χ1n) is 19.2. The van der Waals surface area contributed by atoms with Gasteiger partial charge in [-0.3, -0.25) is 9.59 Å². The van der Waals surface area contributed by atoms with E-state index in [0.717, 1.165) is 70.9 Å². The fraction of sp³-hybridized carbons (Fsp3) is 0.947. The minimum Gasteiger partial charge on any atom is -0.466 e. The van der Waals surface area contributed by atoms with Crippen molar-refractivity contribution in [1.82, 2.24) is 5.32 Å². The molecule has 0 aromatic heterocycles. The summed E-state index contributed by atoms with van der Waals surface area (Å²) in [7, 11) is 0. The highest BCUT2D eigenvalue weighted by Crippen LogP contribution is 2.18. The number of hydrogen-bond acceptors (Lipinski definition) is 5. The van der Waals surface area contributed by atoms with Crippen LogP contribution in [-0.4, -0.2) is 37.7 Å². The van der Waals surface area contributed by atoms with E-state index in [1.807, 2.05) is 0 Å². The maximum absolute atomic E-state index is 12.6. The Kier molecular flexibility index (Phi) is 34.5. The van der Waals surface area contributed by atoms with E-state index in [0.29, 0.717) is 19.4 Å². The summed E-state index contributed by atoms with van der Waals surface area (Å²) in [6.45, 7) is 9.45. The number of rotatable bonds is 35. The van der Waals surface area contributed by atoms with Crippen LogP contribution >= 0.6 is 0 Å². The Morgan fingerprint density at radius 2 is 0.860 bits per heavy atom. The van der Waals surface area contributed by atoms with Gasteiger partial charge in [-0.15, -0.1) is 0 Å². The molecule has 0 aliphatic heterocycles. The van der Waals surface area contributed by atoms with E-state index >= 15 is 0 Å². The van der Waals surface area contributed by atoms with Crippen LogP contribution in [0.3, 0.4) is 0 Å². The first-order valence-corrected chi connectivity index (χ1v) is 19.2. The van der Waals surface area contributed by atoms with E-state index in [2.05, 4.69) is 26.1 Å². The van der Waals surface area contributed by atoms with Crippen molar-refractivity contribution in [1.29, 1.82) is 0 Å². The largest absolute Gasteiger partial charge is 0.466 e. The summed E-state index contributed by atoms with van der Waals surface area (Å²) in [4.78, 5) is 24.2. The minimum absolute atomic E-state index is 0.0241. The van der Waals surface area contributed by atoms with Crippen LogP contribution in [0.5, 0.6) is 0 Å². The molecule has 0 heterocycles. The van der Waals surface area contributed by atoms with E-state index in [9.17, 15) is 9.59 Å². The Balaban J connectivity index is 3.69. The van der Waals surface area contributed by atoms with Gasteiger partial charge in [0.15, 0.2) is 0 Å². The second kappa shape index (κ2) is 35.4. The first kappa shape index (κ1) is 41.9. The lowest BCUT2D eigenvalue weighted by Gasteiger charge is -2.18. The third kappa shape index (κ3) is 33.6. The molecule has 0 amide bonds. The second-order valence-corrected chi connectivity index (χ2v) is 12.9. The lowest BCUT2D eigenvalue weighted by molar-refractivity contribution is -0.150. The van der Waals surface area contributed by atoms with Crippen LogP contribution in [0.25, 0.3) is 0 Å². The minimum atomic E-state index is -0.0241. The average Bonchev–Trinajstić information content (AvgIpc) is 3.00. The van der Waals surface area contributed by atoms with Crippen molar-refractivity contribution in [2.24, 2.45) is 0 Å². The maximum atomic E-state index is 12.6. The van der Waals surface area contributed by atoms with Gasteiger partial charge in [0, 0.05) is 12.8 Å². The van der Waals surface area contributed by atoms with Gasteiger partial charge in [-0.2, -0.15) is 0 Å². The molecule has 1 N–H and O–H groups in total. The van der Waals surface area contributed by atoms with Gasteiger partial charge in [-0.25, -0.2) is 0 Å². The number of nitrogens with one attached hydrogen (secondary N) is 1. The lowest BCUT2D eigenvalue weighted by atomic mass is 10.0. The smallest absolute Gasteiger partial charge is 0.306 e. The molecular weight excluding hydrogens is 534 g/mol. The second-order valence-electron chi connectivity index (χ2n) is 12.9. The van der Waals surface area contributed by atoms with E-state index in [1.54, 1.807) is 0 Å². The fourth-order valence-corrected chi connectivity index (χ4v) is 5.65. The SMILES string of the molecule is CCCCCCCCC(CCCCCCCC)OC(=O)CCCCCCCNCCCCCCCC(=O)OCCCCC. The molecule has 0 atom stereocenters. The molecule has 0 unspecified atom stereocenters. The summed E-state index contributed by atoms with van der Waals surface area (Å²) in [5.74, 6) is 0.00919. The van der Waals surface area contributed by atoms with Crippen LogP contribution in [0, 0.1) is 0 Å². The highest BCUT2D eigenvalue weighted by Gasteiger charge is 2.14. The molecule has 0 aromatic rings. The lowest BCUT2D eigenvalue weighted by Crippen LogP contribution is -2.18. The molecule has 0 bridgehead atoms. The number of ether oxygens (including phenoxy) is 2. The zero-order valence-electron chi connectivity index (χ0n) is 29.3. The van der Waals surface area contributed by atoms with Crippen molar-refractivity contribution in [3.05, 3.63) is 0 Å². The summed E-state index contributed by atoms with van der Waals surface area (Å²) < 4.78 is 11.2. The van der Waals surface area contributed by atoms with Crippen molar-refractivity contribution >= 4 is 11.9 Å². The van der Waals surface area contributed by atoms with Crippen molar-refractivity contribution in [2.75, 3.05) is 19.7 Å². The van der Waals surface area contributed by atoms with Gasteiger partial charge in [-0.1, -0.05) is 136 Å². The first-order chi connectivity index (χ1) is 21.1. The molecule has 0 fully saturated rings. The summed E-state index contributed by atoms with van der Waals surface area (Å²) in [6, 6.07) is 0. The van der Waals surface area contributed by atoms with Crippen LogP contribution in [0.2, 0.25) is 0 Å². The average molecular weight is 610 g/mol. The summed E-state index contributed by atoms with van der Waals surface area (Å²) in [6.07, 6.45) is 33.7. The molecular formula is C38H75NO4. The molecule has 0 saturated heterocycles. The zero-order chi connectivity index (χ0) is 31.5. The number of carbonyl (C=O) groups excluding carboxylic acids is 2. The standard InChI is InChI=1S/C38H75NO4/c1-4-7-10-12-16-22-29-36(30-23-17-13-11-8-5-2)43-38(41)32-25-19-15-21-27-34-39-33-26-20-14-18-24-31-37(40)42-35-28-9-6-3/h36,39H,4-35H2,1-3H3. The topological polar surface area (TPSA) is 64.6 Å². The molecule has 0 aliphatic carbocycles. The van der Waals surface area contributed by atoms with E-state index in [4.69, 9.17) is 9.47 Å². The number of unbranched alkanes of at least 4 members (excludes halogenated alkanes) is 20. The Labute approximate surface area is 268 Å². The molecule has 0 rings (SSSR count). The maximum Gasteiger partial charge on any atom is 0.306 e. The van der Waals surface area contributed by atoms with Crippen molar-refractivity contribution < 1.29 is 19.1 Å². The highest BCUT2D eigenvalue weighted by atomic mass is 16.5. The van der Waals surface area contributed by atoms with Crippen LogP contribution in [0.1, 0.15) is 207 Å². The molecule has 0 aliphatic rings. The Morgan fingerprint density at radius 1 is 0.465 bits per heavy atom. The number of hydrogen-bond donors (Lipinski definition) is 1. The third-order valence-electron chi connectivity index (χ3n) is 8.54. The van der Waals surface area contributed by atoms with Crippen LogP contribution < -0.4 is 5.32 Å². The molecule has 0 saturated carbocycles. The summed E-state index contributed by atoms with van der Waals surface area (Å²) in [5.41, 5.74) is 0. The third-order valence-corrected chi connectivity index (χ3v) is 8.54. The molecule has 0 aromatic carbocycles. The number of carbonyl (C=O) groups is 2. The van der Waals surface area contributed by atoms with E-state index in [1.165, 1.54) is 116 Å². The zero-order valence-corrected chi connectivity index (χ0v) is 29.3. The van der Waals surface area contributed by atoms with Gasteiger partial charge in [0.1, 0.15) is 6.10 Å². The molecule has 0 spiro atoms. The molecule has 5 heteroatoms. The Bertz CT molecular complexity index is 566. The van der Waals surface area contributed by atoms with Crippen LogP contribution in [0.15, 0.2) is 0 Å². The monoisotopic (exact) mass is 610 g/mol. The van der Waals surface area contributed by atoms with Gasteiger partial charge in [0.25, 0.3) is 0 Å². The fourth-order valence-electron chi connectivity index (χ4n) is 5.65. The molecule has 0 radical (unpaired) electrons. The van der Waals surface area contributed by atoms with Gasteiger partial charge in [0.2, 0.25) is 0 Å². The predicted octanol–water partition coefficient (Wildman–Crippen LogP) is 11.4.